The second kappa shape index (κ2) is 8.81. The summed E-state index contributed by atoms with van der Waals surface area (Å²) in [6.07, 6.45) is 1.76. The molecule has 2 N–H and O–H groups in total. The number of carbonyl (C=O) groups excluding carboxylic acids is 1. The minimum atomic E-state index is -3.47. The minimum Gasteiger partial charge on any atom is -0.325 e. The van der Waals surface area contributed by atoms with Gasteiger partial charge in [-0.05, 0) is 50.1 Å². The molecule has 0 saturated carbocycles. The van der Waals surface area contributed by atoms with Gasteiger partial charge in [0.2, 0.25) is 15.9 Å². The summed E-state index contributed by atoms with van der Waals surface area (Å²) in [7, 11) is -3.47. The number of amides is 1. The standard InChI is InChI=1S/C20H24FN3O3S/c1-15(18-6-2-3-7-19(18)21)22-14-20(25)23-16-8-10-17(11-9-16)28(26,27)24-12-4-5-13-24/h2-3,6-11,15,22H,4-5,12-14H2,1H3,(H,23,25). The van der Waals surface area contributed by atoms with Gasteiger partial charge in [0.25, 0.3) is 0 Å². The zero-order chi connectivity index (χ0) is 20.1. The fourth-order valence-electron chi connectivity index (χ4n) is 3.17. The van der Waals surface area contributed by atoms with Crippen molar-refractivity contribution in [3.05, 3.63) is 59.9 Å². The molecule has 6 nitrogen and oxygen atoms in total. The average molecular weight is 405 g/mol. The smallest absolute Gasteiger partial charge is 0.243 e. The topological polar surface area (TPSA) is 78.5 Å². The highest BCUT2D eigenvalue weighted by molar-refractivity contribution is 7.89. The van der Waals surface area contributed by atoms with E-state index in [1.807, 2.05) is 0 Å². The first-order chi connectivity index (χ1) is 13.4. The molecule has 2 aromatic rings. The van der Waals surface area contributed by atoms with E-state index in [4.69, 9.17) is 0 Å². The van der Waals surface area contributed by atoms with E-state index in [1.54, 1.807) is 37.3 Å². The van der Waals surface area contributed by atoms with Gasteiger partial charge in [-0.1, -0.05) is 18.2 Å². The Labute approximate surface area is 164 Å². The van der Waals surface area contributed by atoms with Crippen LogP contribution in [-0.4, -0.2) is 38.3 Å². The van der Waals surface area contributed by atoms with Crippen LogP contribution in [0.4, 0.5) is 10.1 Å². The van der Waals surface area contributed by atoms with Gasteiger partial charge in [0.15, 0.2) is 0 Å². The molecule has 0 aliphatic carbocycles. The number of hydrogen-bond acceptors (Lipinski definition) is 4. The lowest BCUT2D eigenvalue weighted by atomic mass is 10.1. The fraction of sp³-hybridized carbons (Fsp3) is 0.350. The fourth-order valence-corrected chi connectivity index (χ4v) is 4.69. The van der Waals surface area contributed by atoms with Crippen molar-refractivity contribution in [2.24, 2.45) is 0 Å². The third-order valence-corrected chi connectivity index (χ3v) is 6.69. The molecule has 0 aromatic heterocycles. The molecule has 1 atom stereocenters. The van der Waals surface area contributed by atoms with Gasteiger partial charge in [0.1, 0.15) is 5.82 Å². The summed E-state index contributed by atoms with van der Waals surface area (Å²) in [5.74, 6) is -0.615. The van der Waals surface area contributed by atoms with Crippen molar-refractivity contribution in [2.75, 3.05) is 25.0 Å². The Kier molecular flexibility index (Phi) is 6.43. The molecule has 1 saturated heterocycles. The van der Waals surface area contributed by atoms with E-state index in [-0.39, 0.29) is 29.2 Å². The van der Waals surface area contributed by atoms with Crippen molar-refractivity contribution in [3.8, 4) is 0 Å². The molecule has 3 rings (SSSR count). The molecule has 150 valence electrons. The van der Waals surface area contributed by atoms with Crippen molar-refractivity contribution in [2.45, 2.75) is 30.7 Å². The van der Waals surface area contributed by atoms with E-state index in [0.717, 1.165) is 12.8 Å². The SMILES string of the molecule is CC(NCC(=O)Nc1ccc(S(=O)(=O)N2CCCC2)cc1)c1ccccc1F. The average Bonchev–Trinajstić information content (AvgIpc) is 3.23. The van der Waals surface area contributed by atoms with Gasteiger partial charge in [-0.2, -0.15) is 4.31 Å². The summed E-state index contributed by atoms with van der Waals surface area (Å²) in [5.41, 5.74) is 0.998. The molecule has 1 heterocycles. The number of rotatable bonds is 7. The molecular formula is C20H24FN3O3S. The molecule has 2 aromatic carbocycles. The lowest BCUT2D eigenvalue weighted by Crippen LogP contribution is -2.30. The van der Waals surface area contributed by atoms with Crippen LogP contribution in [0.5, 0.6) is 0 Å². The van der Waals surface area contributed by atoms with Gasteiger partial charge < -0.3 is 10.6 Å². The zero-order valence-corrected chi connectivity index (χ0v) is 16.5. The number of anilines is 1. The minimum absolute atomic E-state index is 0.00330. The van der Waals surface area contributed by atoms with Gasteiger partial charge in [-0.25, -0.2) is 12.8 Å². The van der Waals surface area contributed by atoms with E-state index in [2.05, 4.69) is 10.6 Å². The predicted octanol–water partition coefficient (Wildman–Crippen LogP) is 2.90. The monoisotopic (exact) mass is 405 g/mol. The third-order valence-electron chi connectivity index (χ3n) is 4.78. The molecule has 1 unspecified atom stereocenters. The van der Waals surface area contributed by atoms with E-state index >= 15 is 0 Å². The number of benzene rings is 2. The van der Waals surface area contributed by atoms with Crippen molar-refractivity contribution >= 4 is 21.6 Å². The molecule has 0 radical (unpaired) electrons. The third kappa shape index (κ3) is 4.76. The summed E-state index contributed by atoms with van der Waals surface area (Å²) in [4.78, 5) is 12.4. The maximum atomic E-state index is 13.8. The van der Waals surface area contributed by atoms with Crippen LogP contribution in [0.2, 0.25) is 0 Å². The quantitative estimate of drug-likeness (QED) is 0.743. The van der Waals surface area contributed by atoms with Gasteiger partial charge in [0, 0.05) is 30.4 Å². The molecule has 8 heteroatoms. The Balaban J connectivity index is 1.55. The second-order valence-electron chi connectivity index (χ2n) is 6.81. The Morgan fingerprint density at radius 1 is 1.11 bits per heavy atom. The van der Waals surface area contributed by atoms with Crippen molar-refractivity contribution < 1.29 is 17.6 Å². The zero-order valence-electron chi connectivity index (χ0n) is 15.7. The summed E-state index contributed by atoms with van der Waals surface area (Å²) in [6, 6.07) is 12.2. The summed E-state index contributed by atoms with van der Waals surface area (Å²) >= 11 is 0. The van der Waals surface area contributed by atoms with Gasteiger partial charge in [0.05, 0.1) is 11.4 Å². The first-order valence-corrected chi connectivity index (χ1v) is 10.7. The van der Waals surface area contributed by atoms with Crippen molar-refractivity contribution in [3.63, 3.8) is 0 Å². The number of halogens is 1. The van der Waals surface area contributed by atoms with E-state index in [9.17, 15) is 17.6 Å². The Bertz CT molecular complexity index is 926. The van der Waals surface area contributed by atoms with Crippen LogP contribution in [0, 0.1) is 5.82 Å². The van der Waals surface area contributed by atoms with Crippen LogP contribution in [0.3, 0.4) is 0 Å². The van der Waals surface area contributed by atoms with Crippen molar-refractivity contribution in [1.82, 2.24) is 9.62 Å². The highest BCUT2D eigenvalue weighted by Crippen LogP contribution is 2.22. The molecule has 1 aliphatic rings. The number of nitrogens with zero attached hydrogens (tertiary/aromatic N) is 1. The van der Waals surface area contributed by atoms with Gasteiger partial charge in [-0.15, -0.1) is 0 Å². The molecule has 1 fully saturated rings. The number of carbonyl (C=O) groups is 1. The summed E-state index contributed by atoms with van der Waals surface area (Å²) in [5, 5.41) is 5.69. The number of sulfonamides is 1. The first-order valence-electron chi connectivity index (χ1n) is 9.26. The van der Waals surface area contributed by atoms with Crippen LogP contribution in [-0.2, 0) is 14.8 Å². The molecule has 1 aliphatic heterocycles. The number of hydrogen-bond donors (Lipinski definition) is 2. The highest BCUT2D eigenvalue weighted by Gasteiger charge is 2.26. The van der Waals surface area contributed by atoms with Gasteiger partial charge in [-0.3, -0.25) is 4.79 Å². The maximum absolute atomic E-state index is 13.8. The van der Waals surface area contributed by atoms with Crippen LogP contribution >= 0.6 is 0 Å². The van der Waals surface area contributed by atoms with Crippen LogP contribution in [0.25, 0.3) is 0 Å². The highest BCUT2D eigenvalue weighted by atomic mass is 32.2. The Morgan fingerprint density at radius 3 is 2.39 bits per heavy atom. The van der Waals surface area contributed by atoms with Gasteiger partial charge >= 0.3 is 0 Å². The van der Waals surface area contributed by atoms with Crippen LogP contribution in [0.15, 0.2) is 53.4 Å². The van der Waals surface area contributed by atoms with Crippen molar-refractivity contribution in [1.29, 1.82) is 0 Å². The normalized spacial score (nSPS) is 16.1. The first kappa shape index (κ1) is 20.4. The maximum Gasteiger partial charge on any atom is 0.243 e. The molecule has 0 bridgehead atoms. The van der Waals surface area contributed by atoms with E-state index in [1.165, 1.54) is 22.5 Å². The van der Waals surface area contributed by atoms with E-state index in [0.29, 0.717) is 24.3 Å². The van der Waals surface area contributed by atoms with E-state index < -0.39 is 10.0 Å². The number of nitrogens with one attached hydrogen (secondary N) is 2. The lowest BCUT2D eigenvalue weighted by molar-refractivity contribution is -0.115. The molecule has 1 amide bonds. The lowest BCUT2D eigenvalue weighted by Gasteiger charge is -2.16. The summed E-state index contributed by atoms with van der Waals surface area (Å²) in [6.45, 7) is 2.88. The molecule has 0 spiro atoms. The molecule has 28 heavy (non-hydrogen) atoms. The molecular weight excluding hydrogens is 381 g/mol. The van der Waals surface area contributed by atoms with Crippen LogP contribution in [0.1, 0.15) is 31.4 Å². The Hall–Kier alpha value is -2.29. The van der Waals surface area contributed by atoms with Crippen LogP contribution < -0.4 is 10.6 Å². The summed E-state index contributed by atoms with van der Waals surface area (Å²) < 4.78 is 40.3. The Morgan fingerprint density at radius 2 is 1.75 bits per heavy atom. The largest absolute Gasteiger partial charge is 0.325 e. The predicted molar refractivity (Wildman–Crippen MR) is 106 cm³/mol. The second-order valence-corrected chi connectivity index (χ2v) is 8.75.